The van der Waals surface area contributed by atoms with Crippen LogP contribution in [0.1, 0.15) is 17.3 Å². The Morgan fingerprint density at radius 3 is 2.36 bits per heavy atom. The van der Waals surface area contributed by atoms with Gasteiger partial charge >= 0.3 is 0 Å². The minimum absolute atomic E-state index is 0.574. The van der Waals surface area contributed by atoms with E-state index in [1.807, 2.05) is 104 Å². The summed E-state index contributed by atoms with van der Waals surface area (Å²) in [7, 11) is 1.99. The highest BCUT2D eigenvalue weighted by Gasteiger charge is 2.20. The number of aryl methyl sites for hydroxylation is 1. The number of rotatable bonds is 4. The maximum atomic E-state index is 16.4. The number of para-hydroxylation sites is 3. The van der Waals surface area contributed by atoms with Crippen molar-refractivity contribution < 1.29 is 8.81 Å². The number of fused-ring (bicyclic) bond motifs is 7. The lowest BCUT2D eigenvalue weighted by Crippen LogP contribution is -2.00. The SMILES string of the molecule is Cn1c(-c2cccc(C(F)c3cccc(-n4c5cc6c(cc5c5cccnc54)oc4ccccc46)c3)c2)nc2ccccc21. The van der Waals surface area contributed by atoms with Crippen LogP contribution in [0.2, 0.25) is 0 Å². The molecule has 4 aromatic heterocycles. The molecule has 0 spiro atoms. The molecular formula is C38H25FN4O. The van der Waals surface area contributed by atoms with Gasteiger partial charge in [0.05, 0.1) is 16.6 Å². The van der Waals surface area contributed by atoms with E-state index in [0.29, 0.717) is 11.1 Å². The summed E-state index contributed by atoms with van der Waals surface area (Å²) in [5.41, 5.74) is 8.34. The Morgan fingerprint density at radius 2 is 1.45 bits per heavy atom. The van der Waals surface area contributed by atoms with Crippen molar-refractivity contribution in [2.24, 2.45) is 7.05 Å². The molecule has 0 fully saturated rings. The third kappa shape index (κ3) is 3.64. The first kappa shape index (κ1) is 24.8. The van der Waals surface area contributed by atoms with Crippen molar-refractivity contribution in [2.45, 2.75) is 6.17 Å². The molecular weight excluding hydrogens is 547 g/mol. The molecule has 9 rings (SSSR count). The van der Waals surface area contributed by atoms with E-state index in [9.17, 15) is 0 Å². The molecule has 1 atom stereocenters. The minimum atomic E-state index is -1.32. The fourth-order valence-corrected chi connectivity index (χ4v) is 6.57. The van der Waals surface area contributed by atoms with Gasteiger partial charge in [0, 0.05) is 46.0 Å². The van der Waals surface area contributed by atoms with Crippen molar-refractivity contribution >= 4 is 54.9 Å². The fourth-order valence-electron chi connectivity index (χ4n) is 6.57. The monoisotopic (exact) mass is 572 g/mol. The predicted molar refractivity (Wildman–Crippen MR) is 175 cm³/mol. The van der Waals surface area contributed by atoms with Crippen LogP contribution in [0.25, 0.3) is 72.0 Å². The molecule has 0 aliphatic carbocycles. The van der Waals surface area contributed by atoms with Crippen molar-refractivity contribution in [3.8, 4) is 17.1 Å². The lowest BCUT2D eigenvalue weighted by molar-refractivity contribution is 0.402. The second-order valence-corrected chi connectivity index (χ2v) is 11.2. The molecule has 5 aromatic carbocycles. The minimum Gasteiger partial charge on any atom is -0.456 e. The van der Waals surface area contributed by atoms with Gasteiger partial charge in [0.2, 0.25) is 0 Å². The van der Waals surface area contributed by atoms with E-state index < -0.39 is 6.17 Å². The van der Waals surface area contributed by atoms with Gasteiger partial charge in [-0.3, -0.25) is 4.57 Å². The number of benzene rings is 5. The fraction of sp³-hybridized carbons (Fsp3) is 0.0526. The molecule has 1 unspecified atom stereocenters. The van der Waals surface area contributed by atoms with E-state index in [4.69, 9.17) is 14.4 Å². The molecule has 0 saturated carbocycles. The van der Waals surface area contributed by atoms with Crippen LogP contribution in [-0.4, -0.2) is 19.1 Å². The van der Waals surface area contributed by atoms with Crippen LogP contribution in [0, 0.1) is 0 Å². The Hall–Kier alpha value is -5.75. The highest BCUT2D eigenvalue weighted by molar-refractivity contribution is 6.16. The zero-order valence-corrected chi connectivity index (χ0v) is 23.8. The second kappa shape index (κ2) is 9.38. The van der Waals surface area contributed by atoms with Crippen LogP contribution in [0.5, 0.6) is 0 Å². The molecule has 6 heteroatoms. The van der Waals surface area contributed by atoms with Gasteiger partial charge in [-0.05, 0) is 71.8 Å². The van der Waals surface area contributed by atoms with Crippen LogP contribution in [0.3, 0.4) is 0 Å². The number of halogens is 1. The molecule has 0 bridgehead atoms. The maximum Gasteiger partial charge on any atom is 0.150 e. The van der Waals surface area contributed by atoms with E-state index in [0.717, 1.165) is 72.0 Å². The van der Waals surface area contributed by atoms with Crippen LogP contribution in [0.15, 0.2) is 132 Å². The van der Waals surface area contributed by atoms with E-state index >= 15 is 4.39 Å². The summed E-state index contributed by atoms with van der Waals surface area (Å²) in [5.74, 6) is 0.809. The van der Waals surface area contributed by atoms with Crippen molar-refractivity contribution in [1.29, 1.82) is 0 Å². The molecule has 9 aromatic rings. The molecule has 5 nitrogen and oxygen atoms in total. The molecule has 0 N–H and O–H groups in total. The molecule has 4 heterocycles. The average Bonchev–Trinajstić information content (AvgIpc) is 3.72. The molecule has 44 heavy (non-hydrogen) atoms. The third-order valence-corrected chi connectivity index (χ3v) is 8.67. The topological polar surface area (TPSA) is 48.8 Å². The summed E-state index contributed by atoms with van der Waals surface area (Å²) >= 11 is 0. The predicted octanol–water partition coefficient (Wildman–Crippen LogP) is 9.69. The quantitative estimate of drug-likeness (QED) is 0.211. The number of hydrogen-bond acceptors (Lipinski definition) is 3. The van der Waals surface area contributed by atoms with Gasteiger partial charge < -0.3 is 8.98 Å². The first-order valence-electron chi connectivity index (χ1n) is 14.6. The zero-order valence-electron chi connectivity index (χ0n) is 23.8. The Kier molecular flexibility index (Phi) is 5.29. The van der Waals surface area contributed by atoms with Gasteiger partial charge in [0.1, 0.15) is 22.6 Å². The number of hydrogen-bond donors (Lipinski definition) is 0. The summed E-state index contributed by atoms with van der Waals surface area (Å²) < 4.78 is 26.8. The Bertz CT molecular complexity index is 2550. The van der Waals surface area contributed by atoms with Crippen LogP contribution < -0.4 is 0 Å². The maximum absolute atomic E-state index is 16.4. The van der Waals surface area contributed by atoms with Crippen LogP contribution in [-0.2, 0) is 7.05 Å². The largest absolute Gasteiger partial charge is 0.456 e. The summed E-state index contributed by atoms with van der Waals surface area (Å²) in [4.78, 5) is 9.59. The van der Waals surface area contributed by atoms with E-state index in [1.54, 1.807) is 6.20 Å². The summed E-state index contributed by atoms with van der Waals surface area (Å²) in [6.45, 7) is 0. The van der Waals surface area contributed by atoms with Gasteiger partial charge in [0.25, 0.3) is 0 Å². The van der Waals surface area contributed by atoms with Crippen molar-refractivity contribution in [1.82, 2.24) is 19.1 Å². The highest BCUT2D eigenvalue weighted by atomic mass is 19.1. The Morgan fingerprint density at radius 1 is 0.659 bits per heavy atom. The summed E-state index contributed by atoms with van der Waals surface area (Å²) in [6, 6.07) is 39.7. The molecule has 210 valence electrons. The number of pyridine rings is 1. The van der Waals surface area contributed by atoms with Gasteiger partial charge in [-0.25, -0.2) is 14.4 Å². The standard InChI is InChI=1S/C38H25FN4O/c1-42-32-16-4-3-15-31(32)41-37(42)25-11-6-9-23(19-25)36(39)24-10-7-12-26(20-24)43-33-21-30-27-13-2-5-17-34(27)44-35(30)22-29(33)28-14-8-18-40-38(28)43/h2-22,36H,1H3. The molecule has 0 amide bonds. The zero-order chi connectivity index (χ0) is 29.4. The highest BCUT2D eigenvalue weighted by Crippen LogP contribution is 2.38. The van der Waals surface area contributed by atoms with Crippen molar-refractivity contribution in [2.75, 3.05) is 0 Å². The molecule has 0 saturated heterocycles. The van der Waals surface area contributed by atoms with Crippen molar-refractivity contribution in [3.05, 3.63) is 139 Å². The van der Waals surface area contributed by atoms with E-state index in [-0.39, 0.29) is 0 Å². The number of nitrogens with zero attached hydrogens (tertiary/aromatic N) is 4. The van der Waals surface area contributed by atoms with Crippen molar-refractivity contribution in [3.63, 3.8) is 0 Å². The summed E-state index contributed by atoms with van der Waals surface area (Å²) in [6.07, 6.45) is 0.473. The van der Waals surface area contributed by atoms with E-state index in [2.05, 4.69) is 33.4 Å². The van der Waals surface area contributed by atoms with Gasteiger partial charge in [-0.1, -0.05) is 60.7 Å². The van der Waals surface area contributed by atoms with Gasteiger partial charge in [-0.15, -0.1) is 0 Å². The van der Waals surface area contributed by atoms with Crippen LogP contribution in [0.4, 0.5) is 4.39 Å². The molecule has 0 aliphatic heterocycles. The lowest BCUT2D eigenvalue weighted by atomic mass is 10.00. The number of aromatic nitrogens is 4. The summed E-state index contributed by atoms with van der Waals surface area (Å²) in [5, 5.41) is 4.15. The number of furan rings is 1. The average molecular weight is 573 g/mol. The third-order valence-electron chi connectivity index (χ3n) is 8.67. The normalized spacial score (nSPS) is 12.7. The Labute approximate surface area is 251 Å². The van der Waals surface area contributed by atoms with Crippen LogP contribution >= 0.6 is 0 Å². The lowest BCUT2D eigenvalue weighted by Gasteiger charge is -2.14. The number of imidazole rings is 1. The van der Waals surface area contributed by atoms with Gasteiger partial charge in [0.15, 0.2) is 6.17 Å². The van der Waals surface area contributed by atoms with Gasteiger partial charge in [-0.2, -0.15) is 0 Å². The second-order valence-electron chi connectivity index (χ2n) is 11.2. The smallest absolute Gasteiger partial charge is 0.150 e. The van der Waals surface area contributed by atoms with E-state index in [1.165, 1.54) is 0 Å². The number of alkyl halides is 1. The molecule has 0 aliphatic rings. The molecule has 0 radical (unpaired) electrons. The first-order chi connectivity index (χ1) is 21.6. The first-order valence-corrected chi connectivity index (χ1v) is 14.6. The Balaban J connectivity index is 1.18.